The molecule has 0 bridgehead atoms. The van der Waals surface area contributed by atoms with Gasteiger partial charge in [0.1, 0.15) is 4.83 Å². The number of carbonyl (C=O) groups is 1. The summed E-state index contributed by atoms with van der Waals surface area (Å²) in [4.78, 5) is 32.0. The van der Waals surface area contributed by atoms with Gasteiger partial charge in [-0.2, -0.15) is 0 Å². The minimum absolute atomic E-state index is 0.0536. The molecule has 0 unspecified atom stereocenters. The van der Waals surface area contributed by atoms with E-state index in [1.807, 2.05) is 43.3 Å². The molecule has 5 nitrogen and oxygen atoms in total. The van der Waals surface area contributed by atoms with Crippen LogP contribution in [0.3, 0.4) is 0 Å². The Kier molecular flexibility index (Phi) is 6.15. The van der Waals surface area contributed by atoms with Gasteiger partial charge in [-0.05, 0) is 37.3 Å². The maximum atomic E-state index is 13.2. The number of hydrogen-bond donors (Lipinski definition) is 1. The molecule has 0 aliphatic rings. The van der Waals surface area contributed by atoms with E-state index in [4.69, 9.17) is 23.2 Å². The van der Waals surface area contributed by atoms with E-state index < -0.39 is 0 Å². The van der Waals surface area contributed by atoms with Crippen LogP contribution in [0.2, 0.25) is 10.0 Å². The molecule has 152 valence electrons. The fraction of sp³-hybridized carbons (Fsp3) is 0.0952. The van der Waals surface area contributed by atoms with Crippen molar-refractivity contribution in [3.8, 4) is 5.69 Å². The number of thioether (sulfide) groups is 1. The number of thiophene rings is 1. The third-order valence-electron chi connectivity index (χ3n) is 4.23. The Hall–Kier alpha value is -2.32. The van der Waals surface area contributed by atoms with E-state index in [2.05, 4.69) is 10.3 Å². The number of halogens is 2. The average molecular weight is 476 g/mol. The molecule has 0 radical (unpaired) electrons. The molecule has 0 atom stereocenters. The maximum absolute atomic E-state index is 13.2. The van der Waals surface area contributed by atoms with Crippen LogP contribution in [0.5, 0.6) is 0 Å². The van der Waals surface area contributed by atoms with Crippen LogP contribution in [-0.2, 0) is 4.79 Å². The first-order chi connectivity index (χ1) is 14.4. The molecule has 4 aromatic rings. The number of fused-ring (bicyclic) bond motifs is 1. The van der Waals surface area contributed by atoms with E-state index >= 15 is 0 Å². The van der Waals surface area contributed by atoms with Gasteiger partial charge in [-0.3, -0.25) is 14.2 Å². The van der Waals surface area contributed by atoms with Gasteiger partial charge in [0.05, 0.1) is 32.6 Å². The number of aryl methyl sites for hydroxylation is 1. The summed E-state index contributed by atoms with van der Waals surface area (Å²) in [5.74, 6) is -0.224. The van der Waals surface area contributed by atoms with E-state index in [9.17, 15) is 9.59 Å². The molecule has 0 aliphatic carbocycles. The Morgan fingerprint density at radius 3 is 2.70 bits per heavy atom. The van der Waals surface area contributed by atoms with Crippen LogP contribution in [0.1, 0.15) is 4.88 Å². The van der Waals surface area contributed by atoms with Crippen molar-refractivity contribution in [2.24, 2.45) is 0 Å². The van der Waals surface area contributed by atoms with Crippen LogP contribution in [0.25, 0.3) is 15.9 Å². The summed E-state index contributed by atoms with van der Waals surface area (Å²) in [6, 6.07) is 16.1. The monoisotopic (exact) mass is 475 g/mol. The van der Waals surface area contributed by atoms with Gasteiger partial charge in [0, 0.05) is 4.88 Å². The van der Waals surface area contributed by atoms with Crippen molar-refractivity contribution in [2.75, 3.05) is 11.1 Å². The van der Waals surface area contributed by atoms with Gasteiger partial charge in [0.15, 0.2) is 5.16 Å². The smallest absolute Gasteiger partial charge is 0.267 e. The van der Waals surface area contributed by atoms with Crippen LogP contribution >= 0.6 is 46.3 Å². The first kappa shape index (κ1) is 20.9. The summed E-state index contributed by atoms with van der Waals surface area (Å²) in [6.07, 6.45) is 0. The highest BCUT2D eigenvalue weighted by atomic mass is 35.5. The number of aromatic nitrogens is 2. The molecule has 2 aromatic carbocycles. The van der Waals surface area contributed by atoms with Crippen LogP contribution in [0, 0.1) is 6.92 Å². The van der Waals surface area contributed by atoms with Gasteiger partial charge >= 0.3 is 0 Å². The summed E-state index contributed by atoms with van der Waals surface area (Å²) < 4.78 is 1.54. The number of rotatable bonds is 5. The standard InChI is InChI=1S/C21H15Cl2N3O2S2/c1-12-10-14-19(30-12)25-21(26(20(14)28)13-6-3-2-4-7-13)29-11-17(27)24-16-9-5-8-15(22)18(16)23/h2-10H,11H2,1H3,(H,24,27). The second-order valence-corrected chi connectivity index (χ2v) is 9.35. The quantitative estimate of drug-likeness (QED) is 0.292. The van der Waals surface area contributed by atoms with Crippen LogP contribution in [-0.4, -0.2) is 21.2 Å². The van der Waals surface area contributed by atoms with Gasteiger partial charge in [0.2, 0.25) is 5.91 Å². The van der Waals surface area contributed by atoms with Gasteiger partial charge in [-0.15, -0.1) is 11.3 Å². The van der Waals surface area contributed by atoms with E-state index in [1.165, 1.54) is 23.1 Å². The lowest BCUT2D eigenvalue weighted by Crippen LogP contribution is -2.22. The zero-order valence-corrected chi connectivity index (χ0v) is 18.8. The predicted octanol–water partition coefficient (Wildman–Crippen LogP) is 5.79. The van der Waals surface area contributed by atoms with Gasteiger partial charge < -0.3 is 5.32 Å². The second kappa shape index (κ2) is 8.81. The molecule has 0 aliphatic heterocycles. The Labute approximate surface area is 190 Å². The van der Waals surface area contributed by atoms with Crippen molar-refractivity contribution in [1.29, 1.82) is 0 Å². The number of hydrogen-bond acceptors (Lipinski definition) is 5. The van der Waals surface area contributed by atoms with Gasteiger partial charge in [-0.1, -0.05) is 59.2 Å². The van der Waals surface area contributed by atoms with E-state index in [0.717, 1.165) is 4.88 Å². The summed E-state index contributed by atoms with van der Waals surface area (Å²) in [5.41, 5.74) is 0.977. The molecule has 4 rings (SSSR count). The SMILES string of the molecule is Cc1cc2c(=O)n(-c3ccccc3)c(SCC(=O)Nc3cccc(Cl)c3Cl)nc2s1. The molecule has 0 spiro atoms. The summed E-state index contributed by atoms with van der Waals surface area (Å²) >= 11 is 14.8. The lowest BCUT2D eigenvalue weighted by Gasteiger charge is -2.12. The molecular weight excluding hydrogens is 461 g/mol. The topological polar surface area (TPSA) is 64.0 Å². The van der Waals surface area contributed by atoms with E-state index in [1.54, 1.807) is 22.8 Å². The second-order valence-electron chi connectivity index (χ2n) is 6.38. The molecular formula is C21H15Cl2N3O2S2. The molecule has 2 aromatic heterocycles. The van der Waals surface area contributed by atoms with Crippen LogP contribution < -0.4 is 10.9 Å². The average Bonchev–Trinajstić information content (AvgIpc) is 3.11. The summed E-state index contributed by atoms with van der Waals surface area (Å²) in [6.45, 7) is 1.94. The minimum Gasteiger partial charge on any atom is -0.324 e. The summed E-state index contributed by atoms with van der Waals surface area (Å²) in [5, 5.41) is 4.42. The molecule has 0 fully saturated rings. The Morgan fingerprint density at radius 2 is 1.93 bits per heavy atom. The molecule has 1 N–H and O–H groups in total. The Balaban J connectivity index is 1.65. The number of nitrogens with zero attached hydrogens (tertiary/aromatic N) is 2. The molecule has 9 heteroatoms. The first-order valence-corrected chi connectivity index (χ1v) is 11.4. The zero-order chi connectivity index (χ0) is 21.3. The molecule has 0 saturated carbocycles. The van der Waals surface area contributed by atoms with E-state index in [0.29, 0.717) is 31.8 Å². The lowest BCUT2D eigenvalue weighted by molar-refractivity contribution is -0.113. The van der Waals surface area contributed by atoms with E-state index in [-0.39, 0.29) is 22.2 Å². The molecule has 1 amide bonds. The fourth-order valence-electron chi connectivity index (χ4n) is 2.90. The third kappa shape index (κ3) is 4.25. The zero-order valence-electron chi connectivity index (χ0n) is 15.7. The Morgan fingerprint density at radius 1 is 1.17 bits per heavy atom. The molecule has 0 saturated heterocycles. The number of amides is 1. The van der Waals surface area contributed by atoms with Crippen LogP contribution in [0.4, 0.5) is 5.69 Å². The lowest BCUT2D eigenvalue weighted by atomic mass is 10.3. The first-order valence-electron chi connectivity index (χ1n) is 8.89. The van der Waals surface area contributed by atoms with Crippen LogP contribution in [0.15, 0.2) is 64.5 Å². The normalized spacial score (nSPS) is 11.0. The largest absolute Gasteiger partial charge is 0.324 e. The van der Waals surface area contributed by atoms with Crippen molar-refractivity contribution in [1.82, 2.24) is 9.55 Å². The number of anilines is 1. The van der Waals surface area contributed by atoms with Gasteiger partial charge in [-0.25, -0.2) is 4.98 Å². The fourth-order valence-corrected chi connectivity index (χ4v) is 4.98. The molecule has 2 heterocycles. The van der Waals surface area contributed by atoms with Crippen molar-refractivity contribution < 1.29 is 4.79 Å². The van der Waals surface area contributed by atoms with Crippen molar-refractivity contribution in [3.05, 3.63) is 79.9 Å². The Bertz CT molecular complexity index is 1300. The van der Waals surface area contributed by atoms with Gasteiger partial charge in [0.25, 0.3) is 5.56 Å². The number of carbonyl (C=O) groups excluding carboxylic acids is 1. The summed E-state index contributed by atoms with van der Waals surface area (Å²) in [7, 11) is 0. The number of benzene rings is 2. The van der Waals surface area contributed by atoms with Crippen molar-refractivity contribution in [2.45, 2.75) is 12.1 Å². The highest BCUT2D eigenvalue weighted by Crippen LogP contribution is 2.30. The van der Waals surface area contributed by atoms with Crippen molar-refractivity contribution >= 4 is 68.1 Å². The maximum Gasteiger partial charge on any atom is 0.267 e. The number of nitrogens with one attached hydrogen (secondary N) is 1. The highest BCUT2D eigenvalue weighted by Gasteiger charge is 2.17. The third-order valence-corrected chi connectivity index (χ3v) is 6.93. The number of para-hydroxylation sites is 1. The highest BCUT2D eigenvalue weighted by molar-refractivity contribution is 7.99. The predicted molar refractivity (Wildman–Crippen MR) is 126 cm³/mol. The van der Waals surface area contributed by atoms with Crippen molar-refractivity contribution in [3.63, 3.8) is 0 Å². The molecule has 30 heavy (non-hydrogen) atoms. The minimum atomic E-state index is -0.277.